The Kier molecular flexibility index (Phi) is 6.12. The topological polar surface area (TPSA) is 149 Å². The van der Waals surface area contributed by atoms with E-state index >= 15 is 0 Å². The van der Waals surface area contributed by atoms with E-state index in [1.165, 1.54) is 0 Å². The van der Waals surface area contributed by atoms with Crippen molar-refractivity contribution in [1.82, 2.24) is 34.0 Å². The SMILES string of the molecule is Cc1cnc(NCCc2nnc3c(=O)n(C4CC4)ccn23)c(S(=O)(=O)NC(C)c2c(C)noc2C)c1. The van der Waals surface area contributed by atoms with Gasteiger partial charge in [-0.15, -0.1) is 10.2 Å². The lowest BCUT2D eigenvalue weighted by molar-refractivity contribution is 0.391. The Bertz CT molecular complexity index is 1580. The second-order valence-corrected chi connectivity index (χ2v) is 10.9. The summed E-state index contributed by atoms with van der Waals surface area (Å²) in [5.41, 5.74) is 2.18. The highest BCUT2D eigenvalue weighted by atomic mass is 32.2. The van der Waals surface area contributed by atoms with E-state index in [0.717, 1.165) is 12.8 Å². The van der Waals surface area contributed by atoms with Gasteiger partial charge in [0.1, 0.15) is 22.3 Å². The van der Waals surface area contributed by atoms with Crippen molar-refractivity contribution in [2.24, 2.45) is 0 Å². The van der Waals surface area contributed by atoms with Crippen molar-refractivity contribution < 1.29 is 12.9 Å². The molecule has 4 aromatic heterocycles. The van der Waals surface area contributed by atoms with Gasteiger partial charge in [0, 0.05) is 49.2 Å². The van der Waals surface area contributed by atoms with E-state index in [0.29, 0.717) is 41.4 Å². The number of rotatable bonds is 9. The minimum Gasteiger partial charge on any atom is -0.368 e. The smallest absolute Gasteiger partial charge is 0.296 e. The zero-order valence-corrected chi connectivity index (χ0v) is 21.3. The van der Waals surface area contributed by atoms with Crippen LogP contribution in [0.25, 0.3) is 5.65 Å². The van der Waals surface area contributed by atoms with E-state index in [4.69, 9.17) is 4.52 Å². The molecule has 1 aliphatic rings. The molecule has 1 unspecified atom stereocenters. The first-order valence-corrected chi connectivity index (χ1v) is 13.2. The fraction of sp³-hybridized carbons (Fsp3) is 0.435. The molecule has 1 saturated carbocycles. The highest BCUT2D eigenvalue weighted by Crippen LogP contribution is 2.33. The lowest BCUT2D eigenvalue weighted by Crippen LogP contribution is -2.28. The van der Waals surface area contributed by atoms with Crippen molar-refractivity contribution in [3.8, 4) is 0 Å². The Morgan fingerprint density at radius 2 is 1.97 bits per heavy atom. The van der Waals surface area contributed by atoms with Crippen LogP contribution >= 0.6 is 0 Å². The quantitative estimate of drug-likeness (QED) is 0.344. The molecule has 36 heavy (non-hydrogen) atoms. The second-order valence-electron chi connectivity index (χ2n) is 9.17. The maximum Gasteiger partial charge on any atom is 0.296 e. The molecule has 1 fully saturated rings. The predicted octanol–water partition coefficient (Wildman–Crippen LogP) is 2.23. The summed E-state index contributed by atoms with van der Waals surface area (Å²) >= 11 is 0. The van der Waals surface area contributed by atoms with Crippen LogP contribution in [0.2, 0.25) is 0 Å². The summed E-state index contributed by atoms with van der Waals surface area (Å²) in [6, 6.07) is 1.28. The molecule has 1 aliphatic carbocycles. The number of fused-ring (bicyclic) bond motifs is 1. The molecule has 2 N–H and O–H groups in total. The minimum absolute atomic E-state index is 0.0412. The Hall–Kier alpha value is -3.58. The van der Waals surface area contributed by atoms with Crippen LogP contribution in [-0.4, -0.2) is 44.3 Å². The van der Waals surface area contributed by atoms with Gasteiger partial charge < -0.3 is 14.4 Å². The lowest BCUT2D eigenvalue weighted by Gasteiger charge is -2.17. The first-order chi connectivity index (χ1) is 17.2. The number of nitrogens with one attached hydrogen (secondary N) is 2. The first kappa shape index (κ1) is 24.1. The number of hydrogen-bond donors (Lipinski definition) is 2. The molecule has 190 valence electrons. The van der Waals surface area contributed by atoms with Gasteiger partial charge in [-0.2, -0.15) is 0 Å². The van der Waals surface area contributed by atoms with E-state index in [1.54, 1.807) is 61.3 Å². The van der Waals surface area contributed by atoms with E-state index in [1.807, 2.05) is 0 Å². The molecule has 0 spiro atoms. The van der Waals surface area contributed by atoms with Gasteiger partial charge in [0.05, 0.1) is 5.69 Å². The zero-order chi connectivity index (χ0) is 25.6. The van der Waals surface area contributed by atoms with Crippen LogP contribution in [0.4, 0.5) is 5.82 Å². The Morgan fingerprint density at radius 3 is 2.67 bits per heavy atom. The summed E-state index contributed by atoms with van der Waals surface area (Å²) in [6.07, 6.45) is 7.58. The molecule has 4 aromatic rings. The number of aromatic nitrogens is 6. The van der Waals surface area contributed by atoms with Gasteiger partial charge in [-0.25, -0.2) is 18.1 Å². The van der Waals surface area contributed by atoms with E-state index in [2.05, 4.69) is 30.4 Å². The van der Waals surface area contributed by atoms with Crippen LogP contribution in [0.1, 0.15) is 60.3 Å². The first-order valence-electron chi connectivity index (χ1n) is 11.8. The minimum atomic E-state index is -3.93. The van der Waals surface area contributed by atoms with E-state index in [9.17, 15) is 13.2 Å². The third kappa shape index (κ3) is 4.51. The fourth-order valence-electron chi connectivity index (χ4n) is 4.39. The average Bonchev–Trinajstić information content (AvgIpc) is 3.49. The monoisotopic (exact) mass is 512 g/mol. The van der Waals surface area contributed by atoms with Crippen LogP contribution in [0.15, 0.2) is 38.9 Å². The number of anilines is 1. The standard InChI is InChI=1S/C23H28N8O4S/c1-13-11-18(36(33,34)29-15(3)20-14(2)28-35-16(20)4)21(25-12-13)24-8-7-19-26-27-22-23(32)30(17-5-6-17)9-10-31(19)22/h9-12,15,17,29H,5-8H2,1-4H3,(H,24,25). The molecule has 4 heterocycles. The van der Waals surface area contributed by atoms with E-state index < -0.39 is 16.1 Å². The highest BCUT2D eigenvalue weighted by molar-refractivity contribution is 7.89. The normalized spacial score (nSPS) is 14.9. The summed E-state index contributed by atoms with van der Waals surface area (Å²) in [4.78, 5) is 17.0. The second kappa shape index (κ2) is 9.13. The molecule has 0 radical (unpaired) electrons. The van der Waals surface area contributed by atoms with Crippen molar-refractivity contribution in [2.45, 2.75) is 63.9 Å². The van der Waals surface area contributed by atoms with Crippen molar-refractivity contribution in [3.63, 3.8) is 0 Å². The third-order valence-electron chi connectivity index (χ3n) is 6.28. The molecular weight excluding hydrogens is 484 g/mol. The molecule has 1 atom stereocenters. The molecule has 13 heteroatoms. The lowest BCUT2D eigenvalue weighted by atomic mass is 10.1. The maximum atomic E-state index is 13.3. The Balaban J connectivity index is 1.33. The van der Waals surface area contributed by atoms with Gasteiger partial charge in [-0.3, -0.25) is 9.20 Å². The zero-order valence-electron chi connectivity index (χ0n) is 20.5. The highest BCUT2D eigenvalue weighted by Gasteiger charge is 2.27. The molecule has 0 aliphatic heterocycles. The Morgan fingerprint density at radius 1 is 1.19 bits per heavy atom. The van der Waals surface area contributed by atoms with E-state index in [-0.39, 0.29) is 28.0 Å². The van der Waals surface area contributed by atoms with Crippen molar-refractivity contribution >= 4 is 21.5 Å². The number of sulfonamides is 1. The van der Waals surface area contributed by atoms with Gasteiger partial charge in [-0.1, -0.05) is 5.16 Å². The number of hydrogen-bond acceptors (Lipinski definition) is 9. The summed E-state index contributed by atoms with van der Waals surface area (Å²) in [5.74, 6) is 1.39. The predicted molar refractivity (Wildman–Crippen MR) is 131 cm³/mol. The summed E-state index contributed by atoms with van der Waals surface area (Å²) in [6.45, 7) is 7.38. The van der Waals surface area contributed by atoms with Gasteiger partial charge >= 0.3 is 0 Å². The molecule has 0 saturated heterocycles. The number of nitrogens with zero attached hydrogens (tertiary/aromatic N) is 6. The average molecular weight is 513 g/mol. The summed E-state index contributed by atoms with van der Waals surface area (Å²) in [7, 11) is -3.93. The molecule has 0 amide bonds. The molecule has 12 nitrogen and oxygen atoms in total. The molecule has 0 bridgehead atoms. The van der Waals surface area contributed by atoms with Crippen LogP contribution < -0.4 is 15.6 Å². The van der Waals surface area contributed by atoms with Crippen molar-refractivity contribution in [3.05, 3.63) is 63.4 Å². The van der Waals surface area contributed by atoms with Crippen LogP contribution in [0, 0.1) is 20.8 Å². The van der Waals surface area contributed by atoms with Crippen molar-refractivity contribution in [1.29, 1.82) is 0 Å². The van der Waals surface area contributed by atoms with Crippen LogP contribution in [0.3, 0.4) is 0 Å². The molecule has 0 aromatic carbocycles. The summed E-state index contributed by atoms with van der Waals surface area (Å²) in [5, 5.41) is 15.3. The van der Waals surface area contributed by atoms with Crippen LogP contribution in [-0.2, 0) is 16.4 Å². The summed E-state index contributed by atoms with van der Waals surface area (Å²) < 4.78 is 37.9. The fourth-order valence-corrected chi connectivity index (χ4v) is 5.83. The van der Waals surface area contributed by atoms with Gasteiger partial charge in [0.2, 0.25) is 15.7 Å². The largest absolute Gasteiger partial charge is 0.368 e. The van der Waals surface area contributed by atoms with Gasteiger partial charge in [0.25, 0.3) is 5.56 Å². The van der Waals surface area contributed by atoms with Crippen molar-refractivity contribution in [2.75, 3.05) is 11.9 Å². The Labute approximate surface area is 207 Å². The molecule has 5 rings (SSSR count). The van der Waals surface area contributed by atoms with Gasteiger partial charge in [-0.05, 0) is 52.2 Å². The number of aryl methyl sites for hydroxylation is 3. The third-order valence-corrected chi connectivity index (χ3v) is 7.84. The maximum absolute atomic E-state index is 13.3. The van der Waals surface area contributed by atoms with Crippen LogP contribution in [0.5, 0.6) is 0 Å². The van der Waals surface area contributed by atoms with Gasteiger partial charge in [0.15, 0.2) is 0 Å². The number of pyridine rings is 1. The molecular formula is C23H28N8O4S.